The third-order valence-corrected chi connectivity index (χ3v) is 3.42. The van der Waals surface area contributed by atoms with E-state index in [0.29, 0.717) is 0 Å². The Labute approximate surface area is 120 Å². The van der Waals surface area contributed by atoms with Crippen molar-refractivity contribution in [3.63, 3.8) is 0 Å². The highest BCUT2D eigenvalue weighted by molar-refractivity contribution is 5.85. The predicted molar refractivity (Wildman–Crippen MR) is 82.7 cm³/mol. The van der Waals surface area contributed by atoms with Crippen LogP contribution in [0.4, 0.5) is 0 Å². The molecule has 0 saturated heterocycles. The molecule has 1 aromatic carbocycles. The summed E-state index contributed by atoms with van der Waals surface area (Å²) in [6, 6.07) is 10.2. The van der Waals surface area contributed by atoms with Crippen LogP contribution in [0.3, 0.4) is 0 Å². The highest BCUT2D eigenvalue weighted by atomic mass is 15.1. The van der Waals surface area contributed by atoms with Crippen LogP contribution in [-0.4, -0.2) is 43.2 Å². The van der Waals surface area contributed by atoms with Gasteiger partial charge in [-0.25, -0.2) is 0 Å². The van der Waals surface area contributed by atoms with Gasteiger partial charge in [0.05, 0.1) is 11.6 Å². The molecule has 0 amide bonds. The van der Waals surface area contributed by atoms with Gasteiger partial charge in [0.25, 0.3) is 0 Å². The van der Waals surface area contributed by atoms with Gasteiger partial charge in [-0.15, -0.1) is 0 Å². The highest BCUT2D eigenvalue weighted by Crippen LogP contribution is 2.19. The lowest BCUT2D eigenvalue weighted by Crippen LogP contribution is -2.24. The first kappa shape index (κ1) is 14.6. The summed E-state index contributed by atoms with van der Waals surface area (Å²) in [5.74, 6) is 0. The molecule has 0 saturated carbocycles. The Morgan fingerprint density at radius 1 is 1.25 bits per heavy atom. The Kier molecular flexibility index (Phi) is 5.16. The van der Waals surface area contributed by atoms with Gasteiger partial charge < -0.3 is 14.8 Å². The second kappa shape index (κ2) is 7.09. The molecule has 1 heterocycles. The topological polar surface area (TPSA) is 44.0 Å². The molecule has 0 aliphatic rings. The van der Waals surface area contributed by atoms with E-state index in [4.69, 9.17) is 5.26 Å². The van der Waals surface area contributed by atoms with Crippen LogP contribution in [0.1, 0.15) is 12.0 Å². The van der Waals surface area contributed by atoms with Crippen molar-refractivity contribution in [3.05, 3.63) is 36.0 Å². The minimum atomic E-state index is 0.750. The zero-order valence-electron chi connectivity index (χ0n) is 12.3. The van der Waals surface area contributed by atoms with Crippen molar-refractivity contribution in [3.8, 4) is 6.07 Å². The number of nitrogens with one attached hydrogen (secondary N) is 1. The number of aromatic nitrogens is 1. The van der Waals surface area contributed by atoms with Gasteiger partial charge in [-0.1, -0.05) is 6.07 Å². The quantitative estimate of drug-likeness (QED) is 0.783. The molecule has 4 heteroatoms. The van der Waals surface area contributed by atoms with Crippen molar-refractivity contribution in [2.75, 3.05) is 33.7 Å². The number of benzene rings is 1. The summed E-state index contributed by atoms with van der Waals surface area (Å²) in [6.45, 7) is 4.04. The molecule has 0 aliphatic carbocycles. The van der Waals surface area contributed by atoms with Gasteiger partial charge in [-0.05, 0) is 51.8 Å². The monoisotopic (exact) mass is 270 g/mol. The zero-order chi connectivity index (χ0) is 14.4. The molecule has 106 valence electrons. The highest BCUT2D eigenvalue weighted by Gasteiger charge is 2.04. The van der Waals surface area contributed by atoms with Gasteiger partial charge in [-0.3, -0.25) is 0 Å². The second-order valence-corrected chi connectivity index (χ2v) is 5.27. The van der Waals surface area contributed by atoms with Crippen LogP contribution in [0.2, 0.25) is 0 Å². The number of hydrogen-bond acceptors (Lipinski definition) is 3. The Hall–Kier alpha value is -1.83. The van der Waals surface area contributed by atoms with E-state index in [1.54, 1.807) is 0 Å². The molecule has 4 nitrogen and oxygen atoms in total. The molecule has 20 heavy (non-hydrogen) atoms. The molecule has 1 N–H and O–H groups in total. The zero-order valence-corrected chi connectivity index (χ0v) is 12.3. The van der Waals surface area contributed by atoms with Gasteiger partial charge in [0.2, 0.25) is 0 Å². The number of nitrogens with zero attached hydrogens (tertiary/aromatic N) is 3. The number of fused-ring (bicyclic) bond motifs is 1. The van der Waals surface area contributed by atoms with Crippen molar-refractivity contribution in [1.82, 2.24) is 14.8 Å². The largest absolute Gasteiger partial charge is 0.346 e. The van der Waals surface area contributed by atoms with E-state index in [0.717, 1.165) is 49.1 Å². The van der Waals surface area contributed by atoms with Crippen molar-refractivity contribution in [2.45, 2.75) is 13.0 Å². The molecule has 0 fully saturated rings. The van der Waals surface area contributed by atoms with Crippen LogP contribution in [0.25, 0.3) is 10.9 Å². The van der Waals surface area contributed by atoms with Crippen molar-refractivity contribution >= 4 is 10.9 Å². The lowest BCUT2D eigenvalue weighted by molar-refractivity contribution is 0.393. The number of rotatable bonds is 7. The molecule has 1 aromatic heterocycles. The summed E-state index contributed by atoms with van der Waals surface area (Å²) in [5.41, 5.74) is 1.89. The van der Waals surface area contributed by atoms with Crippen LogP contribution in [0.15, 0.2) is 30.5 Å². The van der Waals surface area contributed by atoms with Crippen LogP contribution in [-0.2, 0) is 6.54 Å². The van der Waals surface area contributed by atoms with Crippen LogP contribution >= 0.6 is 0 Å². The van der Waals surface area contributed by atoms with E-state index < -0.39 is 0 Å². The number of hydrogen-bond donors (Lipinski definition) is 1. The fourth-order valence-electron chi connectivity index (χ4n) is 2.36. The maximum absolute atomic E-state index is 9.09. The van der Waals surface area contributed by atoms with Crippen molar-refractivity contribution in [2.24, 2.45) is 0 Å². The van der Waals surface area contributed by atoms with Crippen LogP contribution in [0.5, 0.6) is 0 Å². The maximum Gasteiger partial charge on any atom is 0.0998 e. The Balaban J connectivity index is 1.87. The van der Waals surface area contributed by atoms with Crippen LogP contribution < -0.4 is 5.32 Å². The molecule has 2 rings (SSSR count). The average Bonchev–Trinajstić information content (AvgIpc) is 2.85. The summed E-state index contributed by atoms with van der Waals surface area (Å²) in [4.78, 5) is 2.20. The molecule has 0 unspecified atom stereocenters. The average molecular weight is 270 g/mol. The molecule has 0 bridgehead atoms. The van der Waals surface area contributed by atoms with Crippen LogP contribution in [0, 0.1) is 11.3 Å². The van der Waals surface area contributed by atoms with Crippen molar-refractivity contribution in [1.29, 1.82) is 5.26 Å². The molecule has 0 spiro atoms. The fraction of sp³-hybridized carbons (Fsp3) is 0.438. The van der Waals surface area contributed by atoms with Gasteiger partial charge in [0.1, 0.15) is 0 Å². The molecule has 0 aliphatic heterocycles. The first-order valence-electron chi connectivity index (χ1n) is 7.06. The standard InChI is InChI=1S/C16H22N4/c1-19(2)10-4-8-18-9-12-20-11-7-15-14(13-17)5-3-6-16(15)20/h3,5-7,11,18H,4,8-10,12H2,1-2H3. The van der Waals surface area contributed by atoms with Gasteiger partial charge in [0.15, 0.2) is 0 Å². The normalized spacial score (nSPS) is 11.1. The number of nitriles is 1. The molecule has 0 radical (unpaired) electrons. The summed E-state index contributed by atoms with van der Waals surface area (Å²) < 4.78 is 2.20. The predicted octanol–water partition coefficient (Wildman–Crippen LogP) is 2.05. The van der Waals surface area contributed by atoms with E-state index in [2.05, 4.69) is 47.2 Å². The first-order valence-corrected chi connectivity index (χ1v) is 7.06. The summed E-state index contributed by atoms with van der Waals surface area (Å²) in [5, 5.41) is 13.6. The first-order chi connectivity index (χ1) is 9.72. The minimum Gasteiger partial charge on any atom is -0.346 e. The maximum atomic E-state index is 9.09. The fourth-order valence-corrected chi connectivity index (χ4v) is 2.36. The van der Waals surface area contributed by atoms with Gasteiger partial charge in [0, 0.05) is 30.2 Å². The van der Waals surface area contributed by atoms with E-state index in [9.17, 15) is 0 Å². The third-order valence-electron chi connectivity index (χ3n) is 3.42. The van der Waals surface area contributed by atoms with Crippen molar-refractivity contribution < 1.29 is 0 Å². The molecule has 2 aromatic rings. The van der Waals surface area contributed by atoms with E-state index >= 15 is 0 Å². The van der Waals surface area contributed by atoms with Gasteiger partial charge in [-0.2, -0.15) is 5.26 Å². The van der Waals surface area contributed by atoms with E-state index in [1.807, 2.05) is 18.2 Å². The third kappa shape index (κ3) is 3.60. The van der Waals surface area contributed by atoms with E-state index in [1.165, 1.54) is 0 Å². The minimum absolute atomic E-state index is 0.750. The Morgan fingerprint density at radius 2 is 2.10 bits per heavy atom. The summed E-state index contributed by atoms with van der Waals surface area (Å²) >= 11 is 0. The molecular formula is C16H22N4. The van der Waals surface area contributed by atoms with E-state index in [-0.39, 0.29) is 0 Å². The second-order valence-electron chi connectivity index (χ2n) is 5.27. The smallest absolute Gasteiger partial charge is 0.0998 e. The Bertz CT molecular complexity index is 592. The molecular weight excluding hydrogens is 248 g/mol. The molecule has 0 atom stereocenters. The Morgan fingerprint density at radius 3 is 2.85 bits per heavy atom. The van der Waals surface area contributed by atoms with Gasteiger partial charge >= 0.3 is 0 Å². The lowest BCUT2D eigenvalue weighted by atomic mass is 10.1. The summed E-state index contributed by atoms with van der Waals surface area (Å²) in [6.07, 6.45) is 3.23. The lowest BCUT2D eigenvalue weighted by Gasteiger charge is -2.10. The summed E-state index contributed by atoms with van der Waals surface area (Å²) in [7, 11) is 4.19. The SMILES string of the molecule is CN(C)CCCNCCn1ccc2c(C#N)cccc21.